The van der Waals surface area contributed by atoms with Crippen LogP contribution in [0.2, 0.25) is 0 Å². The predicted octanol–water partition coefficient (Wildman–Crippen LogP) is 13.2. The number of imidazole rings is 1. The molecular weight excluding hydrogens is 617 g/mol. The normalized spacial score (nSPS) is 12.9. The summed E-state index contributed by atoms with van der Waals surface area (Å²) in [7, 11) is 0. The third-order valence-electron chi connectivity index (χ3n) is 9.90. The van der Waals surface area contributed by atoms with Crippen LogP contribution in [0.4, 0.5) is 0 Å². The molecule has 0 aliphatic carbocycles. The second-order valence-electron chi connectivity index (χ2n) is 12.7. The van der Waals surface area contributed by atoms with E-state index in [2.05, 4.69) is 114 Å². The lowest BCUT2D eigenvalue weighted by Gasteiger charge is -2.20. The van der Waals surface area contributed by atoms with Gasteiger partial charge < -0.3 is 0 Å². The number of nitrogens with zero attached hydrogens (tertiary/aromatic N) is 2. The van der Waals surface area contributed by atoms with Crippen molar-refractivity contribution < 1.29 is 6.85 Å². The molecule has 0 atom stereocenters. The van der Waals surface area contributed by atoms with E-state index < -0.39 is 6.04 Å². The molecule has 10 rings (SSSR count). The van der Waals surface area contributed by atoms with Gasteiger partial charge in [-0.1, -0.05) is 176 Å². The number of aromatic nitrogens is 2. The van der Waals surface area contributed by atoms with Crippen LogP contribution in [0.5, 0.6) is 0 Å². The number of para-hydroxylation sites is 2. The molecule has 0 saturated carbocycles. The van der Waals surface area contributed by atoms with Crippen molar-refractivity contribution >= 4 is 43.4 Å². The zero-order valence-corrected chi connectivity index (χ0v) is 27.5. The van der Waals surface area contributed by atoms with Crippen LogP contribution in [0.1, 0.15) is 6.85 Å². The Kier molecular flexibility index (Phi) is 5.73. The summed E-state index contributed by atoms with van der Waals surface area (Å²) < 4.78 is 45.0. The first kappa shape index (κ1) is 24.4. The lowest BCUT2D eigenvalue weighted by molar-refractivity contribution is 1.11. The van der Waals surface area contributed by atoms with Crippen molar-refractivity contribution in [2.24, 2.45) is 0 Å². The van der Waals surface area contributed by atoms with E-state index in [1.807, 2.05) is 54.6 Å². The molecule has 0 spiro atoms. The quantitative estimate of drug-likeness (QED) is 0.169. The molecule has 0 saturated heterocycles. The third-order valence-corrected chi connectivity index (χ3v) is 9.90. The van der Waals surface area contributed by atoms with Crippen molar-refractivity contribution in [3.05, 3.63) is 194 Å². The number of hydrogen-bond donors (Lipinski definition) is 0. The molecule has 238 valence electrons. The van der Waals surface area contributed by atoms with Gasteiger partial charge in [0.2, 0.25) is 0 Å². The molecule has 2 heteroatoms. The minimum absolute atomic E-state index is 0.189. The maximum Gasteiger partial charge on any atom is 0.145 e. The fourth-order valence-electron chi connectivity index (χ4n) is 7.69. The van der Waals surface area contributed by atoms with E-state index in [9.17, 15) is 0 Å². The van der Waals surface area contributed by atoms with Crippen molar-refractivity contribution in [3.8, 4) is 50.5 Å². The molecule has 0 bridgehead atoms. The van der Waals surface area contributed by atoms with Gasteiger partial charge in [0.15, 0.2) is 0 Å². The molecule has 51 heavy (non-hydrogen) atoms. The average Bonchev–Trinajstić information content (AvgIpc) is 3.64. The highest BCUT2D eigenvalue weighted by atomic mass is 15.1. The Morgan fingerprint density at radius 2 is 0.961 bits per heavy atom. The number of rotatable bonds is 5. The zero-order valence-electron chi connectivity index (χ0n) is 32.5. The first-order chi connectivity index (χ1) is 27.4. The van der Waals surface area contributed by atoms with E-state index in [4.69, 9.17) is 11.8 Å². The summed E-state index contributed by atoms with van der Waals surface area (Å²) in [5.41, 5.74) is 8.71. The highest BCUT2D eigenvalue weighted by Crippen LogP contribution is 2.46. The fraction of sp³-hybridized carbons (Fsp3) is 0. The topological polar surface area (TPSA) is 17.8 Å². The predicted molar refractivity (Wildman–Crippen MR) is 215 cm³/mol. The minimum atomic E-state index is -0.404. The van der Waals surface area contributed by atoms with Crippen LogP contribution in [0.25, 0.3) is 93.8 Å². The van der Waals surface area contributed by atoms with E-state index in [0.717, 1.165) is 77.3 Å². The van der Waals surface area contributed by atoms with Crippen molar-refractivity contribution in [2.45, 2.75) is 0 Å². The molecule has 10 aromatic rings. The highest BCUT2D eigenvalue weighted by molar-refractivity contribution is 6.22. The lowest BCUT2D eigenvalue weighted by atomic mass is 9.84. The van der Waals surface area contributed by atoms with Gasteiger partial charge in [-0.2, -0.15) is 0 Å². The average molecular weight is 654 g/mol. The van der Waals surface area contributed by atoms with Crippen molar-refractivity contribution in [2.75, 3.05) is 0 Å². The van der Waals surface area contributed by atoms with Crippen LogP contribution >= 0.6 is 0 Å². The summed E-state index contributed by atoms with van der Waals surface area (Å²) in [6.07, 6.45) is 0. The van der Waals surface area contributed by atoms with Gasteiger partial charge in [0.1, 0.15) is 5.82 Å². The Labute approximate surface area is 303 Å². The summed E-state index contributed by atoms with van der Waals surface area (Å²) in [5.74, 6) is 0.864. The zero-order chi connectivity index (χ0) is 38.1. The van der Waals surface area contributed by atoms with Gasteiger partial charge in [-0.05, 0) is 78.5 Å². The molecule has 9 aromatic carbocycles. The van der Waals surface area contributed by atoms with Crippen LogP contribution in [-0.2, 0) is 0 Å². The third kappa shape index (κ3) is 4.76. The molecule has 0 aliphatic heterocycles. The lowest BCUT2D eigenvalue weighted by Crippen LogP contribution is -1.99. The standard InChI is InChI=1S/C49H32N2/c1-2-15-33(16-3-1)37-19-6-7-21-39(37)48-42-24-10-8-22-40(42)47(41-23-9-11-25-43(41)48)35-29-31-36(32-30-35)49-50-44-26-12-13-27-46(44)51(49)45-28-14-18-34-17-4-5-20-38(34)45/h1-32H/i1D,2D,3D,15D,16D. The van der Waals surface area contributed by atoms with Crippen LogP contribution in [-0.4, -0.2) is 9.55 Å². The van der Waals surface area contributed by atoms with Gasteiger partial charge in [-0.3, -0.25) is 4.57 Å². The van der Waals surface area contributed by atoms with Crippen molar-refractivity contribution in [3.63, 3.8) is 0 Å². The van der Waals surface area contributed by atoms with E-state index >= 15 is 0 Å². The Morgan fingerprint density at radius 3 is 1.69 bits per heavy atom. The van der Waals surface area contributed by atoms with Crippen molar-refractivity contribution in [1.82, 2.24) is 9.55 Å². The largest absolute Gasteiger partial charge is 0.292 e. The summed E-state index contributed by atoms with van der Waals surface area (Å²) in [5, 5.41) is 6.43. The summed E-state index contributed by atoms with van der Waals surface area (Å²) in [6, 6.07) is 54.5. The molecule has 1 heterocycles. The van der Waals surface area contributed by atoms with Gasteiger partial charge in [-0.25, -0.2) is 4.98 Å². The van der Waals surface area contributed by atoms with Crippen LogP contribution in [0, 0.1) is 0 Å². The summed E-state index contributed by atoms with van der Waals surface area (Å²) in [4.78, 5) is 5.18. The number of fused-ring (bicyclic) bond motifs is 4. The fourth-order valence-corrected chi connectivity index (χ4v) is 7.69. The molecule has 0 fully saturated rings. The maximum atomic E-state index is 8.83. The van der Waals surface area contributed by atoms with E-state index in [1.165, 1.54) is 5.39 Å². The Morgan fingerprint density at radius 1 is 0.412 bits per heavy atom. The van der Waals surface area contributed by atoms with Gasteiger partial charge in [0, 0.05) is 10.9 Å². The SMILES string of the molecule is [2H]c1c([2H])c([2H])c(-c2ccccc2-c2c3ccccc3c(-c3ccc(-c4nc5ccccc5n4-c4cccc5ccccc45)cc3)c3ccccc23)c([2H])c1[2H]. The van der Waals surface area contributed by atoms with Crippen LogP contribution in [0.15, 0.2) is 194 Å². The molecular formula is C49H32N2. The van der Waals surface area contributed by atoms with Gasteiger partial charge >= 0.3 is 0 Å². The first-order valence-corrected chi connectivity index (χ1v) is 17.1. The van der Waals surface area contributed by atoms with Gasteiger partial charge in [0.05, 0.1) is 23.6 Å². The van der Waals surface area contributed by atoms with Crippen LogP contribution in [0.3, 0.4) is 0 Å². The number of hydrogen-bond acceptors (Lipinski definition) is 1. The molecule has 0 aliphatic rings. The smallest absolute Gasteiger partial charge is 0.145 e. The molecule has 0 N–H and O–H groups in total. The van der Waals surface area contributed by atoms with E-state index in [1.54, 1.807) is 0 Å². The Bertz CT molecular complexity index is 3110. The monoisotopic (exact) mass is 653 g/mol. The Hall–Kier alpha value is -6.77. The van der Waals surface area contributed by atoms with Crippen LogP contribution < -0.4 is 0 Å². The second-order valence-corrected chi connectivity index (χ2v) is 12.7. The first-order valence-electron chi connectivity index (χ1n) is 19.6. The van der Waals surface area contributed by atoms with E-state index in [0.29, 0.717) is 5.56 Å². The number of benzene rings is 9. The Balaban J connectivity index is 1.18. The molecule has 2 nitrogen and oxygen atoms in total. The molecule has 0 unspecified atom stereocenters. The maximum absolute atomic E-state index is 8.83. The van der Waals surface area contributed by atoms with Gasteiger partial charge in [0.25, 0.3) is 0 Å². The van der Waals surface area contributed by atoms with Gasteiger partial charge in [-0.15, -0.1) is 0 Å². The highest BCUT2D eigenvalue weighted by Gasteiger charge is 2.20. The molecule has 1 aromatic heterocycles. The molecule has 0 amide bonds. The minimum Gasteiger partial charge on any atom is -0.292 e. The van der Waals surface area contributed by atoms with E-state index in [-0.39, 0.29) is 29.7 Å². The molecule has 0 radical (unpaired) electrons. The second kappa shape index (κ2) is 12.0. The summed E-state index contributed by atoms with van der Waals surface area (Å²) >= 11 is 0. The van der Waals surface area contributed by atoms with Crippen molar-refractivity contribution in [1.29, 1.82) is 0 Å². The summed E-state index contributed by atoms with van der Waals surface area (Å²) in [6.45, 7) is 0.